The van der Waals surface area contributed by atoms with E-state index >= 15 is 0 Å². The largest absolute Gasteiger partial charge is 0.360 e. The summed E-state index contributed by atoms with van der Waals surface area (Å²) in [5.41, 5.74) is 2.31. The van der Waals surface area contributed by atoms with Crippen LogP contribution in [-0.4, -0.2) is 41.6 Å². The lowest BCUT2D eigenvalue weighted by molar-refractivity contribution is -0.113. The number of rotatable bonds is 5. The predicted molar refractivity (Wildman–Crippen MR) is 94.6 cm³/mol. The van der Waals surface area contributed by atoms with Gasteiger partial charge in [-0.15, -0.1) is 10.2 Å². The van der Waals surface area contributed by atoms with Gasteiger partial charge in [0.15, 0.2) is 11.5 Å². The van der Waals surface area contributed by atoms with Crippen molar-refractivity contribution >= 4 is 29.1 Å². The first kappa shape index (κ1) is 16.2. The van der Waals surface area contributed by atoms with Crippen molar-refractivity contribution in [3.8, 4) is 11.3 Å². The van der Waals surface area contributed by atoms with Gasteiger partial charge in [-0.25, -0.2) is 0 Å². The number of thioether (sulfide) groups is 1. The number of amides is 1. The van der Waals surface area contributed by atoms with E-state index < -0.39 is 0 Å². The summed E-state index contributed by atoms with van der Waals surface area (Å²) in [6.07, 6.45) is 3.41. The standard InChI is InChI=1S/C16H13N7O2S/c1-10-8-13(22-25-10)18-15(24)9-26-16-20-19-14-3-2-12(21-23(14)16)11-4-6-17-7-5-11/h2-8H,9H2,1H3,(H,18,22,24). The number of hydrogen-bond donors (Lipinski definition) is 1. The first-order chi connectivity index (χ1) is 12.7. The zero-order chi connectivity index (χ0) is 17.9. The summed E-state index contributed by atoms with van der Waals surface area (Å²) in [6, 6.07) is 9.10. The minimum Gasteiger partial charge on any atom is -0.360 e. The van der Waals surface area contributed by atoms with Gasteiger partial charge >= 0.3 is 0 Å². The Hall–Kier alpha value is -3.27. The van der Waals surface area contributed by atoms with E-state index in [2.05, 4.69) is 30.8 Å². The molecule has 0 saturated heterocycles. The smallest absolute Gasteiger partial charge is 0.236 e. The van der Waals surface area contributed by atoms with Gasteiger partial charge in [-0.3, -0.25) is 9.78 Å². The number of hydrogen-bond acceptors (Lipinski definition) is 8. The summed E-state index contributed by atoms with van der Waals surface area (Å²) in [4.78, 5) is 16.0. The van der Waals surface area contributed by atoms with E-state index in [9.17, 15) is 4.79 Å². The molecule has 130 valence electrons. The van der Waals surface area contributed by atoms with Crippen LogP contribution in [0.5, 0.6) is 0 Å². The van der Waals surface area contributed by atoms with Crippen LogP contribution in [0.25, 0.3) is 16.9 Å². The summed E-state index contributed by atoms with van der Waals surface area (Å²) < 4.78 is 6.54. The van der Waals surface area contributed by atoms with Gasteiger partial charge in [-0.05, 0) is 31.2 Å². The highest BCUT2D eigenvalue weighted by molar-refractivity contribution is 7.99. The molecule has 0 bridgehead atoms. The van der Waals surface area contributed by atoms with Crippen LogP contribution in [0.3, 0.4) is 0 Å². The topological polar surface area (TPSA) is 111 Å². The fraction of sp³-hybridized carbons (Fsp3) is 0.125. The molecule has 0 radical (unpaired) electrons. The molecule has 0 spiro atoms. The van der Waals surface area contributed by atoms with Gasteiger partial charge in [-0.2, -0.15) is 9.61 Å². The number of nitrogens with zero attached hydrogens (tertiary/aromatic N) is 6. The summed E-state index contributed by atoms with van der Waals surface area (Å²) in [6.45, 7) is 1.76. The second kappa shape index (κ2) is 6.92. The van der Waals surface area contributed by atoms with E-state index in [-0.39, 0.29) is 11.7 Å². The number of fused-ring (bicyclic) bond motifs is 1. The molecular formula is C16H13N7O2S. The molecule has 9 nitrogen and oxygen atoms in total. The van der Waals surface area contributed by atoms with Gasteiger partial charge in [-0.1, -0.05) is 16.9 Å². The normalized spacial score (nSPS) is 11.0. The van der Waals surface area contributed by atoms with E-state index in [0.717, 1.165) is 11.3 Å². The lowest BCUT2D eigenvalue weighted by Gasteiger charge is -2.03. The molecule has 0 aliphatic carbocycles. The monoisotopic (exact) mass is 367 g/mol. The van der Waals surface area contributed by atoms with Crippen molar-refractivity contribution in [1.82, 2.24) is 30.0 Å². The number of anilines is 1. The van der Waals surface area contributed by atoms with Crippen LogP contribution in [0.15, 0.2) is 52.4 Å². The first-order valence-corrected chi connectivity index (χ1v) is 8.66. The van der Waals surface area contributed by atoms with E-state index in [0.29, 0.717) is 22.4 Å². The van der Waals surface area contributed by atoms with Crippen LogP contribution in [-0.2, 0) is 4.79 Å². The quantitative estimate of drug-likeness (QED) is 0.535. The van der Waals surface area contributed by atoms with Crippen molar-refractivity contribution in [2.45, 2.75) is 12.1 Å². The van der Waals surface area contributed by atoms with Crippen molar-refractivity contribution in [2.75, 3.05) is 11.1 Å². The minimum atomic E-state index is -0.217. The van der Waals surface area contributed by atoms with E-state index in [1.165, 1.54) is 11.8 Å². The molecule has 0 aliphatic rings. The number of nitrogens with one attached hydrogen (secondary N) is 1. The molecule has 4 heterocycles. The Morgan fingerprint density at radius 1 is 1.23 bits per heavy atom. The zero-order valence-electron chi connectivity index (χ0n) is 13.7. The average Bonchev–Trinajstić information content (AvgIpc) is 3.26. The number of carbonyl (C=O) groups excluding carboxylic acids is 1. The van der Waals surface area contributed by atoms with E-state index in [4.69, 9.17) is 4.52 Å². The molecule has 0 aromatic carbocycles. The maximum Gasteiger partial charge on any atom is 0.236 e. The molecular weight excluding hydrogens is 354 g/mol. The third-order valence-electron chi connectivity index (χ3n) is 3.44. The lowest BCUT2D eigenvalue weighted by Crippen LogP contribution is -2.14. The predicted octanol–water partition coefficient (Wildman–Crippen LogP) is 2.21. The molecule has 1 N–H and O–H groups in total. The molecule has 0 fully saturated rings. The van der Waals surface area contributed by atoms with Crippen LogP contribution >= 0.6 is 11.8 Å². The van der Waals surface area contributed by atoms with Crippen molar-refractivity contribution in [3.63, 3.8) is 0 Å². The SMILES string of the molecule is Cc1cc(NC(=O)CSc2nnc3ccc(-c4ccncc4)nn23)no1. The van der Waals surface area contributed by atoms with Gasteiger partial charge in [0.1, 0.15) is 5.76 Å². The fourth-order valence-electron chi connectivity index (χ4n) is 2.27. The number of aromatic nitrogens is 6. The second-order valence-corrected chi connectivity index (χ2v) is 6.31. The second-order valence-electron chi connectivity index (χ2n) is 5.37. The third kappa shape index (κ3) is 3.40. The molecule has 4 aromatic rings. The third-order valence-corrected chi connectivity index (χ3v) is 4.36. The Morgan fingerprint density at radius 3 is 2.85 bits per heavy atom. The van der Waals surface area contributed by atoms with Crippen molar-refractivity contribution in [1.29, 1.82) is 0 Å². The molecule has 4 rings (SSSR count). The number of aryl methyl sites for hydroxylation is 1. The molecule has 0 saturated carbocycles. The highest BCUT2D eigenvalue weighted by Crippen LogP contribution is 2.20. The molecule has 1 amide bonds. The summed E-state index contributed by atoms with van der Waals surface area (Å²) in [5, 5.41) is 19.7. The Bertz CT molecular complexity index is 1060. The first-order valence-electron chi connectivity index (χ1n) is 7.68. The van der Waals surface area contributed by atoms with Crippen LogP contribution in [0.1, 0.15) is 5.76 Å². The lowest BCUT2D eigenvalue weighted by atomic mass is 10.2. The highest BCUT2D eigenvalue weighted by Gasteiger charge is 2.12. The van der Waals surface area contributed by atoms with Crippen LogP contribution < -0.4 is 5.32 Å². The highest BCUT2D eigenvalue weighted by atomic mass is 32.2. The average molecular weight is 367 g/mol. The summed E-state index contributed by atoms with van der Waals surface area (Å²) >= 11 is 1.24. The van der Waals surface area contributed by atoms with Crippen molar-refractivity contribution in [2.24, 2.45) is 0 Å². The van der Waals surface area contributed by atoms with Crippen LogP contribution in [0.4, 0.5) is 5.82 Å². The Balaban J connectivity index is 1.50. The summed E-state index contributed by atoms with van der Waals surface area (Å²) in [5.74, 6) is 0.945. The van der Waals surface area contributed by atoms with Gasteiger partial charge in [0, 0.05) is 24.0 Å². The van der Waals surface area contributed by atoms with E-state index in [1.54, 1.807) is 29.9 Å². The van der Waals surface area contributed by atoms with Crippen molar-refractivity contribution in [3.05, 3.63) is 48.5 Å². The van der Waals surface area contributed by atoms with Gasteiger partial charge in [0.05, 0.1) is 11.4 Å². The Labute approximate surface area is 151 Å². The molecule has 4 aromatic heterocycles. The van der Waals surface area contributed by atoms with Gasteiger partial charge in [0.2, 0.25) is 11.1 Å². The van der Waals surface area contributed by atoms with Crippen LogP contribution in [0.2, 0.25) is 0 Å². The molecule has 0 unspecified atom stereocenters. The zero-order valence-corrected chi connectivity index (χ0v) is 14.5. The minimum absolute atomic E-state index is 0.147. The molecule has 0 atom stereocenters. The molecule has 26 heavy (non-hydrogen) atoms. The number of carbonyl (C=O) groups is 1. The molecule has 10 heteroatoms. The van der Waals surface area contributed by atoms with Gasteiger partial charge < -0.3 is 9.84 Å². The van der Waals surface area contributed by atoms with Crippen LogP contribution in [0, 0.1) is 6.92 Å². The summed E-state index contributed by atoms with van der Waals surface area (Å²) in [7, 11) is 0. The van der Waals surface area contributed by atoms with E-state index in [1.807, 2.05) is 24.3 Å². The maximum atomic E-state index is 12.0. The maximum absolute atomic E-state index is 12.0. The molecule has 0 aliphatic heterocycles. The number of pyridine rings is 1. The van der Waals surface area contributed by atoms with Gasteiger partial charge in [0.25, 0.3) is 0 Å². The Morgan fingerprint density at radius 2 is 2.08 bits per heavy atom. The van der Waals surface area contributed by atoms with Crippen molar-refractivity contribution < 1.29 is 9.32 Å². The Kier molecular flexibility index (Phi) is 4.32. The fourth-order valence-corrected chi connectivity index (χ4v) is 2.96.